The molecule has 2 heterocycles. The van der Waals surface area contributed by atoms with Gasteiger partial charge in [-0.2, -0.15) is 0 Å². The van der Waals surface area contributed by atoms with Gasteiger partial charge in [-0.3, -0.25) is 4.90 Å². The maximum Gasteiger partial charge on any atom is 0.335 e. The molecule has 1 unspecified atom stereocenters. The first kappa shape index (κ1) is 13.7. The molecule has 3 rings (SSSR count). The number of carbonyl (C=O) groups is 1. The van der Waals surface area contributed by atoms with Crippen molar-refractivity contribution in [2.45, 2.75) is 25.4 Å². The van der Waals surface area contributed by atoms with E-state index in [9.17, 15) is 4.79 Å². The molecule has 5 heteroatoms. The van der Waals surface area contributed by atoms with E-state index in [-0.39, 0.29) is 0 Å². The van der Waals surface area contributed by atoms with Gasteiger partial charge in [0.25, 0.3) is 0 Å². The van der Waals surface area contributed by atoms with Gasteiger partial charge >= 0.3 is 5.97 Å². The van der Waals surface area contributed by atoms with Crippen molar-refractivity contribution >= 4 is 5.97 Å². The van der Waals surface area contributed by atoms with Gasteiger partial charge < -0.3 is 5.11 Å². The molecule has 0 aliphatic carbocycles. The number of aromatic nitrogens is 2. The number of hydrogen-bond acceptors (Lipinski definition) is 4. The topological polar surface area (TPSA) is 66.3 Å². The zero-order valence-electron chi connectivity index (χ0n) is 11.6. The number of benzene rings is 1. The van der Waals surface area contributed by atoms with Gasteiger partial charge in [-0.1, -0.05) is 12.1 Å². The van der Waals surface area contributed by atoms with Crippen molar-refractivity contribution < 1.29 is 9.90 Å². The summed E-state index contributed by atoms with van der Waals surface area (Å²) in [6.07, 6.45) is 5.63. The third-order valence-corrected chi connectivity index (χ3v) is 3.90. The Hall–Kier alpha value is -2.27. The van der Waals surface area contributed by atoms with E-state index in [2.05, 4.69) is 14.9 Å². The molecular formula is C16H17N3O2. The van der Waals surface area contributed by atoms with Crippen LogP contribution >= 0.6 is 0 Å². The lowest BCUT2D eigenvalue weighted by molar-refractivity contribution is 0.0697. The van der Waals surface area contributed by atoms with E-state index in [4.69, 9.17) is 5.11 Å². The van der Waals surface area contributed by atoms with Crippen LogP contribution in [-0.4, -0.2) is 32.5 Å². The molecular weight excluding hydrogens is 266 g/mol. The van der Waals surface area contributed by atoms with Gasteiger partial charge in [0.15, 0.2) is 0 Å². The first-order valence-corrected chi connectivity index (χ1v) is 7.06. The predicted molar refractivity (Wildman–Crippen MR) is 77.8 cm³/mol. The second-order valence-electron chi connectivity index (χ2n) is 5.26. The largest absolute Gasteiger partial charge is 0.478 e. The Balaban J connectivity index is 1.73. The van der Waals surface area contributed by atoms with E-state index >= 15 is 0 Å². The number of carboxylic acids is 1. The minimum absolute atomic E-state index is 0.326. The van der Waals surface area contributed by atoms with Gasteiger partial charge in [0.2, 0.25) is 0 Å². The first-order chi connectivity index (χ1) is 10.2. The smallest absolute Gasteiger partial charge is 0.335 e. The molecule has 1 saturated heterocycles. The van der Waals surface area contributed by atoms with Crippen molar-refractivity contribution in [1.82, 2.24) is 14.9 Å². The molecule has 0 radical (unpaired) electrons. The van der Waals surface area contributed by atoms with Crippen LogP contribution in [0, 0.1) is 0 Å². The summed E-state index contributed by atoms with van der Waals surface area (Å²) in [6, 6.07) is 9.39. The van der Waals surface area contributed by atoms with Crippen molar-refractivity contribution in [3.05, 3.63) is 59.7 Å². The highest BCUT2D eigenvalue weighted by atomic mass is 16.4. The number of carboxylic acid groups (broad SMARTS) is 1. The molecule has 1 aliphatic rings. The Morgan fingerprint density at radius 1 is 1.29 bits per heavy atom. The average molecular weight is 283 g/mol. The summed E-state index contributed by atoms with van der Waals surface area (Å²) in [5.74, 6) is -0.887. The van der Waals surface area contributed by atoms with Crippen LogP contribution in [0.3, 0.4) is 0 Å². The summed E-state index contributed by atoms with van der Waals surface area (Å²) in [6.45, 7) is 1.85. The van der Waals surface area contributed by atoms with Gasteiger partial charge in [0.05, 0.1) is 17.3 Å². The third-order valence-electron chi connectivity index (χ3n) is 3.90. The van der Waals surface area contributed by atoms with Crippen molar-refractivity contribution in [3.63, 3.8) is 0 Å². The number of nitrogens with zero attached hydrogens (tertiary/aromatic N) is 3. The maximum absolute atomic E-state index is 10.9. The Morgan fingerprint density at radius 3 is 2.76 bits per heavy atom. The number of aromatic carboxylic acids is 1. The lowest BCUT2D eigenvalue weighted by Crippen LogP contribution is -2.23. The number of likely N-dealkylation sites (tertiary alicyclic amines) is 1. The zero-order chi connectivity index (χ0) is 14.7. The molecule has 0 bridgehead atoms. The SMILES string of the molecule is O=C(O)c1ccc(CN2CCCC2c2ccncn2)cc1. The molecule has 1 atom stereocenters. The van der Waals surface area contributed by atoms with Gasteiger partial charge in [-0.15, -0.1) is 0 Å². The first-order valence-electron chi connectivity index (χ1n) is 7.06. The van der Waals surface area contributed by atoms with Crippen LogP contribution < -0.4 is 0 Å². The highest BCUT2D eigenvalue weighted by Crippen LogP contribution is 2.31. The average Bonchev–Trinajstić information content (AvgIpc) is 2.97. The second kappa shape index (κ2) is 6.01. The molecule has 1 aromatic carbocycles. The summed E-state index contributed by atoms with van der Waals surface area (Å²) in [5, 5.41) is 8.93. The molecule has 21 heavy (non-hydrogen) atoms. The molecule has 2 aromatic rings. The summed E-state index contributed by atoms with van der Waals surface area (Å²) in [4.78, 5) is 21.6. The molecule has 1 aliphatic heterocycles. The van der Waals surface area contributed by atoms with Crippen molar-refractivity contribution in [2.75, 3.05) is 6.54 Å². The lowest BCUT2D eigenvalue weighted by Gasteiger charge is -2.23. The fourth-order valence-corrected chi connectivity index (χ4v) is 2.84. The third kappa shape index (κ3) is 3.08. The van der Waals surface area contributed by atoms with Gasteiger partial charge in [-0.05, 0) is 43.1 Å². The van der Waals surface area contributed by atoms with Crippen LogP contribution in [0.4, 0.5) is 0 Å². The Bertz CT molecular complexity index is 613. The van der Waals surface area contributed by atoms with E-state index in [0.29, 0.717) is 11.6 Å². The molecule has 0 spiro atoms. The Morgan fingerprint density at radius 2 is 2.10 bits per heavy atom. The molecule has 0 amide bonds. The number of hydrogen-bond donors (Lipinski definition) is 1. The molecule has 1 fully saturated rings. The summed E-state index contributed by atoms with van der Waals surface area (Å²) < 4.78 is 0. The zero-order valence-corrected chi connectivity index (χ0v) is 11.6. The molecule has 1 N–H and O–H groups in total. The molecule has 1 aromatic heterocycles. The van der Waals surface area contributed by atoms with Crippen LogP contribution in [0.25, 0.3) is 0 Å². The van der Waals surface area contributed by atoms with Crippen molar-refractivity contribution in [1.29, 1.82) is 0 Å². The Kier molecular flexibility index (Phi) is 3.92. The van der Waals surface area contributed by atoms with Crippen LogP contribution in [0.5, 0.6) is 0 Å². The van der Waals surface area contributed by atoms with E-state index in [0.717, 1.165) is 37.2 Å². The monoisotopic (exact) mass is 283 g/mol. The van der Waals surface area contributed by atoms with E-state index in [1.807, 2.05) is 18.2 Å². The van der Waals surface area contributed by atoms with Crippen molar-refractivity contribution in [3.8, 4) is 0 Å². The minimum atomic E-state index is -0.887. The molecule has 0 saturated carbocycles. The van der Waals surface area contributed by atoms with Crippen LogP contribution in [-0.2, 0) is 6.54 Å². The normalized spacial score (nSPS) is 18.8. The van der Waals surface area contributed by atoms with Crippen molar-refractivity contribution in [2.24, 2.45) is 0 Å². The summed E-state index contributed by atoms with van der Waals surface area (Å²) in [5.41, 5.74) is 2.51. The van der Waals surface area contributed by atoms with Gasteiger partial charge in [0.1, 0.15) is 6.33 Å². The number of rotatable bonds is 4. The predicted octanol–water partition coefficient (Wildman–Crippen LogP) is 2.51. The van der Waals surface area contributed by atoms with Crippen LogP contribution in [0.15, 0.2) is 42.9 Å². The van der Waals surface area contributed by atoms with Gasteiger partial charge in [0, 0.05) is 12.7 Å². The summed E-state index contributed by atoms with van der Waals surface area (Å²) >= 11 is 0. The lowest BCUT2D eigenvalue weighted by atomic mass is 10.1. The highest BCUT2D eigenvalue weighted by molar-refractivity contribution is 5.87. The van der Waals surface area contributed by atoms with E-state index in [1.54, 1.807) is 24.7 Å². The quantitative estimate of drug-likeness (QED) is 0.934. The maximum atomic E-state index is 10.9. The standard InChI is InChI=1S/C16H17N3O2/c20-16(21)13-5-3-12(4-6-13)10-19-9-1-2-15(19)14-7-8-17-11-18-14/h3-8,11,15H,1-2,9-10H2,(H,20,21). The Labute approximate surface area is 123 Å². The molecule has 5 nitrogen and oxygen atoms in total. The highest BCUT2D eigenvalue weighted by Gasteiger charge is 2.26. The van der Waals surface area contributed by atoms with Crippen LogP contribution in [0.1, 0.15) is 40.5 Å². The second-order valence-corrected chi connectivity index (χ2v) is 5.26. The van der Waals surface area contributed by atoms with E-state index in [1.165, 1.54) is 0 Å². The van der Waals surface area contributed by atoms with E-state index < -0.39 is 5.97 Å². The van der Waals surface area contributed by atoms with Gasteiger partial charge in [-0.25, -0.2) is 14.8 Å². The summed E-state index contributed by atoms with van der Waals surface area (Å²) in [7, 11) is 0. The fourth-order valence-electron chi connectivity index (χ4n) is 2.84. The molecule has 108 valence electrons. The fraction of sp³-hybridized carbons (Fsp3) is 0.312. The van der Waals surface area contributed by atoms with Crippen LogP contribution in [0.2, 0.25) is 0 Å². The minimum Gasteiger partial charge on any atom is -0.478 e.